The molecule has 0 aliphatic carbocycles. The van der Waals surface area contributed by atoms with Crippen LogP contribution in [0.25, 0.3) is 11.3 Å². The maximum atomic E-state index is 12.7. The van der Waals surface area contributed by atoms with Crippen molar-refractivity contribution in [3.05, 3.63) is 29.8 Å². The third-order valence-corrected chi connectivity index (χ3v) is 4.58. The molecule has 2 aromatic heterocycles. The molecule has 1 fully saturated rings. The Labute approximate surface area is 166 Å². The first-order valence-electron chi connectivity index (χ1n) is 9.35. The van der Waals surface area contributed by atoms with Crippen molar-refractivity contribution < 1.29 is 22.0 Å². The summed E-state index contributed by atoms with van der Waals surface area (Å²) in [4.78, 5) is 12.5. The number of nitrogen functional groups attached to an aromatic ring is 1. The largest absolute Gasteiger partial charge is 0.419 e. The molecule has 0 bridgehead atoms. The van der Waals surface area contributed by atoms with E-state index < -0.39 is 24.0 Å². The lowest BCUT2D eigenvalue weighted by Gasteiger charge is -2.13. The lowest BCUT2D eigenvalue weighted by atomic mass is 10.1. The predicted molar refractivity (Wildman–Crippen MR) is 102 cm³/mol. The summed E-state index contributed by atoms with van der Waals surface area (Å²) in [5.74, 6) is 0.955. The fourth-order valence-corrected chi connectivity index (χ4v) is 3.01. The van der Waals surface area contributed by atoms with Crippen LogP contribution in [0.15, 0.2) is 18.5 Å². The van der Waals surface area contributed by atoms with Gasteiger partial charge in [0.2, 0.25) is 0 Å². The molecule has 2 aromatic rings. The zero-order valence-electron chi connectivity index (χ0n) is 16.6. The number of nitrogens with one attached hydrogen (secondary N) is 1. The number of H-pyrrole nitrogens is 1. The van der Waals surface area contributed by atoms with Crippen LogP contribution in [0, 0.1) is 5.92 Å². The van der Waals surface area contributed by atoms with E-state index in [2.05, 4.69) is 21.9 Å². The summed E-state index contributed by atoms with van der Waals surface area (Å²) in [5.41, 5.74) is 5.11. The van der Waals surface area contributed by atoms with E-state index >= 15 is 0 Å². The van der Waals surface area contributed by atoms with Gasteiger partial charge < -0.3 is 10.7 Å². The van der Waals surface area contributed by atoms with Crippen molar-refractivity contribution >= 4 is 5.82 Å². The Kier molecular flexibility index (Phi) is 7.56. The lowest BCUT2D eigenvalue weighted by molar-refractivity contribution is -0.137. The van der Waals surface area contributed by atoms with E-state index in [0.717, 1.165) is 25.6 Å². The summed E-state index contributed by atoms with van der Waals surface area (Å²) in [6.45, 7) is 7.64. The quantitative estimate of drug-likeness (QED) is 0.699. The van der Waals surface area contributed by atoms with Crippen LogP contribution in [0.3, 0.4) is 0 Å². The summed E-state index contributed by atoms with van der Waals surface area (Å²) in [5, 5.41) is 0. The van der Waals surface area contributed by atoms with Gasteiger partial charge in [-0.05, 0) is 24.9 Å². The number of aromatic nitrogens is 3. The van der Waals surface area contributed by atoms with Gasteiger partial charge in [-0.25, -0.2) is 18.7 Å². The van der Waals surface area contributed by atoms with E-state index in [9.17, 15) is 22.0 Å². The van der Waals surface area contributed by atoms with Crippen molar-refractivity contribution in [2.45, 2.75) is 45.7 Å². The molecule has 3 rings (SSSR count). The van der Waals surface area contributed by atoms with Gasteiger partial charge in [0.25, 0.3) is 6.43 Å². The Morgan fingerprint density at radius 3 is 2.41 bits per heavy atom. The first-order valence-corrected chi connectivity index (χ1v) is 9.35. The van der Waals surface area contributed by atoms with Crippen LogP contribution in [0.1, 0.15) is 44.5 Å². The number of hydrogen-bond acceptors (Lipinski definition) is 4. The Hall–Kier alpha value is -2.23. The molecule has 3 heterocycles. The van der Waals surface area contributed by atoms with Crippen molar-refractivity contribution in [2.24, 2.45) is 5.92 Å². The van der Waals surface area contributed by atoms with Gasteiger partial charge in [-0.2, -0.15) is 13.2 Å². The van der Waals surface area contributed by atoms with Gasteiger partial charge in [-0.3, -0.25) is 4.90 Å². The second-order valence-electron chi connectivity index (χ2n) is 7.54. The zero-order chi connectivity index (χ0) is 21.8. The highest BCUT2D eigenvalue weighted by molar-refractivity contribution is 5.61. The predicted octanol–water partition coefficient (Wildman–Crippen LogP) is 4.79. The van der Waals surface area contributed by atoms with Crippen LogP contribution in [-0.2, 0) is 6.18 Å². The molecule has 162 valence electrons. The molecule has 1 unspecified atom stereocenters. The highest BCUT2D eigenvalue weighted by atomic mass is 19.4. The minimum Gasteiger partial charge on any atom is -0.383 e. The third kappa shape index (κ3) is 6.66. The molecule has 0 amide bonds. The van der Waals surface area contributed by atoms with Crippen LogP contribution in [-0.4, -0.2) is 45.9 Å². The number of nitrogens with zero attached hydrogens (tertiary/aromatic N) is 3. The first kappa shape index (κ1) is 23.1. The van der Waals surface area contributed by atoms with Gasteiger partial charge in [-0.15, -0.1) is 0 Å². The number of rotatable bonds is 4. The molecule has 0 aromatic carbocycles. The summed E-state index contributed by atoms with van der Waals surface area (Å²) in [6.07, 6.45) is -2.82. The molecule has 1 aliphatic heterocycles. The summed E-state index contributed by atoms with van der Waals surface area (Å²) in [6, 6.07) is 0.972. The average Bonchev–Trinajstić information content (AvgIpc) is 3.24. The van der Waals surface area contributed by atoms with E-state index in [-0.39, 0.29) is 12.5 Å². The van der Waals surface area contributed by atoms with Gasteiger partial charge >= 0.3 is 6.18 Å². The van der Waals surface area contributed by atoms with Gasteiger partial charge in [0.1, 0.15) is 11.6 Å². The minimum absolute atomic E-state index is 0.0374. The van der Waals surface area contributed by atoms with Crippen LogP contribution in [0.5, 0.6) is 0 Å². The van der Waals surface area contributed by atoms with Crippen LogP contribution in [0.4, 0.5) is 27.8 Å². The Balaban J connectivity index is 0.000000253. The smallest absolute Gasteiger partial charge is 0.383 e. The first-order chi connectivity index (χ1) is 13.5. The van der Waals surface area contributed by atoms with Crippen LogP contribution in [0.2, 0.25) is 0 Å². The Morgan fingerprint density at radius 2 is 1.93 bits per heavy atom. The van der Waals surface area contributed by atoms with Crippen molar-refractivity contribution in [3.8, 4) is 11.3 Å². The molecule has 5 nitrogen and oxygen atoms in total. The van der Waals surface area contributed by atoms with Crippen LogP contribution < -0.4 is 5.73 Å². The molecule has 3 N–H and O–H groups in total. The molecule has 1 aliphatic rings. The number of aromatic amines is 1. The summed E-state index contributed by atoms with van der Waals surface area (Å²) in [7, 11) is 0. The van der Waals surface area contributed by atoms with Crippen molar-refractivity contribution in [2.75, 3.05) is 25.4 Å². The standard InChI is InChI=1S/C12H13F3N4.C7H13F2N/c1-6(2)11-18-5-9(19-11)7-3-8(12(13,14)15)10(16)17-4-7;1-6-2-3-10(4-6)5-7(8)9/h3-6H,1-2H3,(H2,16,17)(H,18,19);6-7H,2-5H2,1H3. The molecular weight excluding hydrogens is 393 g/mol. The topological polar surface area (TPSA) is 70.8 Å². The number of pyridine rings is 1. The monoisotopic (exact) mass is 419 g/mol. The van der Waals surface area contributed by atoms with Gasteiger partial charge in [-0.1, -0.05) is 20.8 Å². The Bertz CT molecular complexity index is 788. The fraction of sp³-hybridized carbons (Fsp3) is 0.579. The van der Waals surface area contributed by atoms with Crippen LogP contribution >= 0.6 is 0 Å². The Morgan fingerprint density at radius 1 is 1.24 bits per heavy atom. The maximum absolute atomic E-state index is 12.7. The van der Waals surface area contributed by atoms with Crippen molar-refractivity contribution in [3.63, 3.8) is 0 Å². The SMILES string of the molecule is CC(C)c1ncc(-c2cnc(N)c(C(F)(F)F)c2)[nH]1.CC1CCN(CC(F)F)C1. The molecule has 29 heavy (non-hydrogen) atoms. The highest BCUT2D eigenvalue weighted by Gasteiger charge is 2.34. The number of hydrogen-bond donors (Lipinski definition) is 2. The fourth-order valence-electron chi connectivity index (χ4n) is 3.01. The van der Waals surface area contributed by atoms with E-state index in [1.165, 1.54) is 12.4 Å². The number of nitrogens with two attached hydrogens (primary N) is 1. The number of anilines is 1. The van der Waals surface area contributed by atoms with Crippen molar-refractivity contribution in [1.29, 1.82) is 0 Å². The number of imidazole rings is 1. The van der Waals surface area contributed by atoms with E-state index in [4.69, 9.17) is 5.73 Å². The van der Waals surface area contributed by atoms with Gasteiger partial charge in [0, 0.05) is 24.2 Å². The third-order valence-electron chi connectivity index (χ3n) is 4.58. The van der Waals surface area contributed by atoms with E-state index in [0.29, 0.717) is 23.0 Å². The average molecular weight is 419 g/mol. The van der Waals surface area contributed by atoms with E-state index in [1.807, 2.05) is 18.7 Å². The summed E-state index contributed by atoms with van der Waals surface area (Å²) < 4.78 is 61.7. The molecule has 0 saturated carbocycles. The highest BCUT2D eigenvalue weighted by Crippen LogP contribution is 2.34. The van der Waals surface area contributed by atoms with E-state index in [1.54, 1.807) is 0 Å². The van der Waals surface area contributed by atoms with Crippen molar-refractivity contribution in [1.82, 2.24) is 19.9 Å². The molecule has 1 atom stereocenters. The molecule has 10 heteroatoms. The summed E-state index contributed by atoms with van der Waals surface area (Å²) >= 11 is 0. The normalized spacial score (nSPS) is 17.7. The molecule has 0 radical (unpaired) electrons. The number of alkyl halides is 5. The van der Waals surface area contributed by atoms with Gasteiger partial charge in [0.05, 0.1) is 24.0 Å². The lowest BCUT2D eigenvalue weighted by Crippen LogP contribution is -2.26. The second kappa shape index (κ2) is 9.51. The minimum atomic E-state index is -4.52. The zero-order valence-corrected chi connectivity index (χ0v) is 16.6. The number of halogens is 5. The molecular formula is C19H26F5N5. The van der Waals surface area contributed by atoms with Gasteiger partial charge in [0.15, 0.2) is 0 Å². The molecule has 0 spiro atoms. The maximum Gasteiger partial charge on any atom is 0.419 e. The molecule has 1 saturated heterocycles. The number of likely N-dealkylation sites (tertiary alicyclic amines) is 1. The second-order valence-corrected chi connectivity index (χ2v) is 7.54.